The Hall–Kier alpha value is -5.44. The summed E-state index contributed by atoms with van der Waals surface area (Å²) >= 11 is 0. The minimum absolute atomic E-state index is 0.0145. The van der Waals surface area contributed by atoms with Gasteiger partial charge in [-0.3, -0.25) is 19.5 Å². The van der Waals surface area contributed by atoms with Crippen molar-refractivity contribution in [1.29, 1.82) is 5.26 Å². The largest absolute Gasteiger partial charge is 0.351 e. The van der Waals surface area contributed by atoms with Gasteiger partial charge in [0.25, 0.3) is 0 Å². The van der Waals surface area contributed by atoms with Gasteiger partial charge in [-0.25, -0.2) is 9.97 Å². The number of hydrogen-bond donors (Lipinski definition) is 2. The number of aromatic nitrogens is 8. The topological polar surface area (TPSA) is 154 Å². The zero-order chi connectivity index (χ0) is 30.5. The number of amides is 1. The van der Waals surface area contributed by atoms with Crippen molar-refractivity contribution in [3.8, 4) is 28.7 Å². The zero-order valence-corrected chi connectivity index (χ0v) is 24.7. The van der Waals surface area contributed by atoms with Crippen LogP contribution in [0.1, 0.15) is 48.9 Å². The van der Waals surface area contributed by atoms with Gasteiger partial charge in [0.2, 0.25) is 11.9 Å². The number of hydrogen-bond acceptors (Lipinski definition) is 9. The molecule has 0 aliphatic heterocycles. The van der Waals surface area contributed by atoms with Crippen molar-refractivity contribution in [2.45, 2.75) is 57.5 Å². The number of aryl methyl sites for hydroxylation is 3. The van der Waals surface area contributed by atoms with E-state index < -0.39 is 0 Å². The smallest absolute Gasteiger partial charge is 0.228 e. The Balaban J connectivity index is 1.17. The van der Waals surface area contributed by atoms with Crippen molar-refractivity contribution in [3.05, 3.63) is 83.9 Å². The molecular weight excluding hydrogens is 554 g/mol. The predicted octanol–water partition coefficient (Wildman–Crippen LogP) is 4.63. The first-order valence-corrected chi connectivity index (χ1v) is 14.7. The Kier molecular flexibility index (Phi) is 8.36. The number of benzene rings is 1. The lowest BCUT2D eigenvalue weighted by atomic mass is 9.89. The van der Waals surface area contributed by atoms with Gasteiger partial charge in [0.1, 0.15) is 17.5 Å². The number of H-pyrrole nitrogens is 1. The molecule has 1 aliphatic rings. The highest BCUT2D eigenvalue weighted by molar-refractivity contribution is 5.93. The Bertz CT molecular complexity index is 1760. The van der Waals surface area contributed by atoms with Crippen molar-refractivity contribution >= 4 is 17.7 Å². The second kappa shape index (κ2) is 12.8. The van der Waals surface area contributed by atoms with Crippen molar-refractivity contribution in [1.82, 2.24) is 40.1 Å². The van der Waals surface area contributed by atoms with Gasteiger partial charge in [-0.15, -0.1) is 10.2 Å². The van der Waals surface area contributed by atoms with Gasteiger partial charge in [-0.05, 0) is 62.8 Å². The number of nitrogens with one attached hydrogen (secondary N) is 2. The molecule has 0 spiro atoms. The maximum absolute atomic E-state index is 13.8. The molecule has 1 fully saturated rings. The number of carbonyl (C=O) groups is 1. The van der Waals surface area contributed by atoms with Gasteiger partial charge in [-0.2, -0.15) is 15.5 Å². The van der Waals surface area contributed by atoms with Crippen LogP contribution in [0.5, 0.6) is 0 Å². The summed E-state index contributed by atoms with van der Waals surface area (Å²) in [4.78, 5) is 24.6. The van der Waals surface area contributed by atoms with E-state index in [4.69, 9.17) is 0 Å². The van der Waals surface area contributed by atoms with Crippen LogP contribution in [0.4, 0.5) is 11.8 Å². The van der Waals surface area contributed by atoms with E-state index in [0.29, 0.717) is 47.3 Å². The summed E-state index contributed by atoms with van der Waals surface area (Å²) in [6.07, 6.45) is 9.38. The monoisotopic (exact) mass is 587 g/mol. The molecule has 0 unspecified atom stereocenters. The number of rotatable bonds is 9. The molecule has 12 heteroatoms. The summed E-state index contributed by atoms with van der Waals surface area (Å²) in [7, 11) is 1.86. The predicted molar refractivity (Wildman–Crippen MR) is 165 cm³/mol. The van der Waals surface area contributed by atoms with E-state index in [9.17, 15) is 10.1 Å². The molecule has 1 amide bonds. The van der Waals surface area contributed by atoms with Gasteiger partial charge >= 0.3 is 0 Å². The molecule has 0 atom stereocenters. The number of nitriles is 1. The maximum Gasteiger partial charge on any atom is 0.228 e. The van der Waals surface area contributed by atoms with Crippen molar-refractivity contribution in [2.24, 2.45) is 7.05 Å². The highest BCUT2D eigenvalue weighted by atomic mass is 16.2. The quantitative estimate of drug-likeness (QED) is 0.251. The molecule has 12 nitrogen and oxygen atoms in total. The van der Waals surface area contributed by atoms with Gasteiger partial charge in [0.15, 0.2) is 5.82 Å². The molecule has 6 rings (SSSR count). The number of carbonyl (C=O) groups excluding carboxylic acids is 1. The van der Waals surface area contributed by atoms with Crippen LogP contribution in [0, 0.1) is 18.3 Å². The van der Waals surface area contributed by atoms with E-state index in [1.165, 1.54) is 6.20 Å². The van der Waals surface area contributed by atoms with Crippen molar-refractivity contribution in [2.75, 3.05) is 10.2 Å². The van der Waals surface area contributed by atoms with Crippen LogP contribution >= 0.6 is 0 Å². The minimum atomic E-state index is -0.0145. The third-order valence-corrected chi connectivity index (χ3v) is 7.89. The molecule has 0 bridgehead atoms. The maximum atomic E-state index is 13.8. The summed E-state index contributed by atoms with van der Waals surface area (Å²) in [6.45, 7) is 1.90. The lowest BCUT2D eigenvalue weighted by Gasteiger charge is -2.36. The molecule has 1 aromatic carbocycles. The molecule has 222 valence electrons. The zero-order valence-electron chi connectivity index (χ0n) is 24.7. The molecule has 0 saturated heterocycles. The van der Waals surface area contributed by atoms with E-state index >= 15 is 0 Å². The van der Waals surface area contributed by atoms with Gasteiger partial charge in [0, 0.05) is 43.0 Å². The molecule has 1 aliphatic carbocycles. The third-order valence-electron chi connectivity index (χ3n) is 7.89. The van der Waals surface area contributed by atoms with Crippen LogP contribution in [-0.2, 0) is 18.3 Å². The Morgan fingerprint density at radius 3 is 2.57 bits per heavy atom. The molecule has 44 heavy (non-hydrogen) atoms. The van der Waals surface area contributed by atoms with Crippen molar-refractivity contribution in [3.63, 3.8) is 0 Å². The Morgan fingerprint density at radius 1 is 1.09 bits per heavy atom. The van der Waals surface area contributed by atoms with Gasteiger partial charge < -0.3 is 5.32 Å². The Labute approximate surface area is 255 Å². The van der Waals surface area contributed by atoms with Crippen LogP contribution in [-0.4, -0.2) is 58.1 Å². The third kappa shape index (κ3) is 6.47. The molecule has 4 heterocycles. The summed E-state index contributed by atoms with van der Waals surface area (Å²) in [5.74, 6) is 1.04. The summed E-state index contributed by atoms with van der Waals surface area (Å²) in [6, 6.07) is 17.9. The molecule has 5 aromatic rings. The average molecular weight is 588 g/mol. The van der Waals surface area contributed by atoms with Crippen molar-refractivity contribution < 1.29 is 4.79 Å². The fourth-order valence-corrected chi connectivity index (χ4v) is 5.62. The highest BCUT2D eigenvalue weighted by Crippen LogP contribution is 2.30. The Morgan fingerprint density at radius 2 is 1.91 bits per heavy atom. The number of anilines is 2. The molecular formula is C32H33N11O. The summed E-state index contributed by atoms with van der Waals surface area (Å²) in [5.41, 5.74) is 5.05. The minimum Gasteiger partial charge on any atom is -0.351 e. The number of nitrogens with zero attached hydrogens (tertiary/aromatic N) is 9. The van der Waals surface area contributed by atoms with Gasteiger partial charge in [-0.1, -0.05) is 30.3 Å². The van der Waals surface area contributed by atoms with Crippen LogP contribution in [0.2, 0.25) is 0 Å². The fraction of sp³-hybridized carbons (Fsp3) is 0.312. The second-order valence-electron chi connectivity index (χ2n) is 11.1. The van der Waals surface area contributed by atoms with Crippen LogP contribution in [0.3, 0.4) is 0 Å². The lowest BCUT2D eigenvalue weighted by molar-refractivity contribution is -0.119. The standard InChI is InChI=1S/C32H33N11O/c1-21-16-28(40-38-21)31-23(17-33)18-34-32(37-31)36-25-9-11-26(12-10-25)43(30(44)15-8-22-6-4-3-5-7-22)29-14-13-27(39-41-29)24-19-35-42(2)20-24/h3-7,13-14,16,18-20,25-26H,8-12,15H2,1-2H3,(H,38,40)(H,34,36,37). The summed E-state index contributed by atoms with van der Waals surface area (Å²) < 4.78 is 1.72. The fourth-order valence-electron chi connectivity index (χ4n) is 5.62. The normalized spacial score (nSPS) is 16.3. The number of aromatic amines is 1. The van der Waals surface area contributed by atoms with E-state index in [1.807, 2.05) is 73.6 Å². The van der Waals surface area contributed by atoms with E-state index in [-0.39, 0.29) is 18.0 Å². The second-order valence-corrected chi connectivity index (χ2v) is 11.1. The van der Waals surface area contributed by atoms with E-state index in [0.717, 1.165) is 42.5 Å². The first-order chi connectivity index (χ1) is 21.5. The van der Waals surface area contributed by atoms with E-state index in [2.05, 4.69) is 46.8 Å². The SMILES string of the molecule is Cc1cc(-c2nc(NC3CCC(N(C(=O)CCc4ccccc4)c4ccc(-c5cnn(C)c5)nn4)CC3)ncc2C#N)n[nH]1. The van der Waals surface area contributed by atoms with Crippen LogP contribution in [0.15, 0.2) is 67.1 Å². The molecule has 1 saturated carbocycles. The van der Waals surface area contributed by atoms with Crippen LogP contribution < -0.4 is 10.2 Å². The van der Waals surface area contributed by atoms with Crippen LogP contribution in [0.25, 0.3) is 22.6 Å². The average Bonchev–Trinajstić information content (AvgIpc) is 3.70. The molecule has 4 aromatic heterocycles. The lowest BCUT2D eigenvalue weighted by Crippen LogP contribution is -2.45. The van der Waals surface area contributed by atoms with E-state index in [1.54, 1.807) is 10.9 Å². The summed E-state index contributed by atoms with van der Waals surface area (Å²) in [5, 5.41) is 33.3. The first kappa shape index (κ1) is 28.7. The first-order valence-electron chi connectivity index (χ1n) is 14.7. The van der Waals surface area contributed by atoms with Gasteiger partial charge in [0.05, 0.1) is 23.7 Å². The molecule has 0 radical (unpaired) electrons. The highest BCUT2D eigenvalue weighted by Gasteiger charge is 2.31. The molecule has 2 N–H and O–H groups in total.